The fraction of sp³-hybridized carbons (Fsp3) is 1.00. The lowest BCUT2D eigenvalue weighted by Crippen LogP contribution is -2.33. The highest BCUT2D eigenvalue weighted by atomic mass is 32.2. The maximum atomic E-state index is 10.7. The summed E-state index contributed by atoms with van der Waals surface area (Å²) in [5.41, 5.74) is 0. The topological polar surface area (TPSA) is 66.4 Å². The molecule has 1 aliphatic rings. The zero-order chi connectivity index (χ0) is 11.3. The zero-order valence-electron chi connectivity index (χ0n) is 9.28. The second-order valence-electron chi connectivity index (χ2n) is 4.40. The Labute approximate surface area is 92.2 Å². The average Bonchev–Trinajstić information content (AvgIpc) is 2.18. The summed E-state index contributed by atoms with van der Waals surface area (Å²) in [5.74, 6) is 0. The molecule has 90 valence electrons. The van der Waals surface area contributed by atoms with Gasteiger partial charge in [0.1, 0.15) is 0 Å². The maximum absolute atomic E-state index is 10.7. The van der Waals surface area contributed by atoms with Crippen LogP contribution < -0.4 is 5.32 Å². The van der Waals surface area contributed by atoms with Crippen molar-refractivity contribution in [2.45, 2.75) is 56.7 Å². The van der Waals surface area contributed by atoms with E-state index in [4.69, 9.17) is 4.55 Å². The summed E-state index contributed by atoms with van der Waals surface area (Å²) in [6.07, 6.45) is 6.73. The van der Waals surface area contributed by atoms with Crippen LogP contribution in [0.1, 0.15) is 45.4 Å². The SMILES string of the molecule is CC(CCNC1CCCCC1)S(=O)(=O)O. The van der Waals surface area contributed by atoms with E-state index in [1.54, 1.807) is 0 Å². The molecule has 1 atom stereocenters. The van der Waals surface area contributed by atoms with Gasteiger partial charge in [0, 0.05) is 6.04 Å². The molecule has 0 saturated heterocycles. The lowest BCUT2D eigenvalue weighted by molar-refractivity contribution is 0.370. The predicted molar refractivity (Wildman–Crippen MR) is 60.5 cm³/mol. The standard InChI is InChI=1S/C10H21NO3S/c1-9(15(12,13)14)7-8-11-10-5-3-2-4-6-10/h9-11H,2-8H2,1H3,(H,12,13,14). The van der Waals surface area contributed by atoms with Crippen LogP contribution in [0.2, 0.25) is 0 Å². The normalized spacial score (nSPS) is 21.5. The third kappa shape index (κ3) is 4.95. The van der Waals surface area contributed by atoms with Gasteiger partial charge in [-0.2, -0.15) is 8.42 Å². The molecule has 1 rings (SSSR count). The number of hydrogen-bond acceptors (Lipinski definition) is 3. The lowest BCUT2D eigenvalue weighted by Gasteiger charge is -2.23. The highest BCUT2D eigenvalue weighted by molar-refractivity contribution is 7.86. The molecule has 15 heavy (non-hydrogen) atoms. The van der Waals surface area contributed by atoms with Crippen LogP contribution >= 0.6 is 0 Å². The molecular weight excluding hydrogens is 214 g/mol. The average molecular weight is 235 g/mol. The molecule has 0 amide bonds. The maximum Gasteiger partial charge on any atom is 0.267 e. The summed E-state index contributed by atoms with van der Waals surface area (Å²) < 4.78 is 30.2. The largest absolute Gasteiger partial charge is 0.314 e. The van der Waals surface area contributed by atoms with Crippen LogP contribution in [0.3, 0.4) is 0 Å². The number of hydrogen-bond donors (Lipinski definition) is 2. The van der Waals surface area contributed by atoms with Crippen molar-refractivity contribution in [1.82, 2.24) is 5.32 Å². The summed E-state index contributed by atoms with van der Waals surface area (Å²) in [5, 5.41) is 2.69. The van der Waals surface area contributed by atoms with Gasteiger partial charge in [-0.1, -0.05) is 19.3 Å². The molecule has 5 heteroatoms. The monoisotopic (exact) mass is 235 g/mol. The van der Waals surface area contributed by atoms with E-state index in [1.165, 1.54) is 39.0 Å². The van der Waals surface area contributed by atoms with E-state index >= 15 is 0 Å². The predicted octanol–water partition coefficient (Wildman–Crippen LogP) is 1.58. The van der Waals surface area contributed by atoms with E-state index in [-0.39, 0.29) is 0 Å². The molecule has 0 spiro atoms. The van der Waals surface area contributed by atoms with Crippen LogP contribution in [0.5, 0.6) is 0 Å². The first-order chi connectivity index (χ1) is 7.00. The summed E-state index contributed by atoms with van der Waals surface area (Å²) in [7, 11) is -3.85. The zero-order valence-corrected chi connectivity index (χ0v) is 10.1. The van der Waals surface area contributed by atoms with Gasteiger partial charge in [-0.15, -0.1) is 0 Å². The minimum absolute atomic E-state index is 0.481. The second-order valence-corrected chi connectivity index (χ2v) is 6.24. The third-order valence-electron chi connectivity index (χ3n) is 3.10. The molecule has 1 saturated carbocycles. The molecule has 0 bridgehead atoms. The summed E-state index contributed by atoms with van der Waals surface area (Å²) in [6.45, 7) is 2.21. The van der Waals surface area contributed by atoms with Crippen molar-refractivity contribution >= 4 is 10.1 Å². The first-order valence-electron chi connectivity index (χ1n) is 5.70. The van der Waals surface area contributed by atoms with Crippen molar-refractivity contribution in [3.8, 4) is 0 Å². The van der Waals surface area contributed by atoms with Crippen molar-refractivity contribution in [1.29, 1.82) is 0 Å². The van der Waals surface area contributed by atoms with E-state index in [0.29, 0.717) is 19.0 Å². The molecule has 2 N–H and O–H groups in total. The van der Waals surface area contributed by atoms with Crippen LogP contribution in [0, 0.1) is 0 Å². The first kappa shape index (κ1) is 12.9. The Morgan fingerprint density at radius 3 is 2.47 bits per heavy atom. The summed E-state index contributed by atoms with van der Waals surface area (Å²) in [4.78, 5) is 0. The lowest BCUT2D eigenvalue weighted by atomic mass is 9.95. The van der Waals surface area contributed by atoms with Crippen LogP contribution in [0.25, 0.3) is 0 Å². The van der Waals surface area contributed by atoms with E-state index in [2.05, 4.69) is 5.32 Å². The van der Waals surface area contributed by atoms with Gasteiger partial charge in [0.15, 0.2) is 0 Å². The molecule has 0 aromatic rings. The van der Waals surface area contributed by atoms with Crippen molar-refractivity contribution in [2.24, 2.45) is 0 Å². The van der Waals surface area contributed by atoms with Gasteiger partial charge in [-0.25, -0.2) is 0 Å². The van der Waals surface area contributed by atoms with Crippen molar-refractivity contribution in [3.63, 3.8) is 0 Å². The fourth-order valence-corrected chi connectivity index (χ4v) is 2.36. The molecule has 0 aromatic heterocycles. The van der Waals surface area contributed by atoms with Gasteiger partial charge < -0.3 is 5.32 Å². The van der Waals surface area contributed by atoms with E-state index in [9.17, 15) is 8.42 Å². The Kier molecular flexibility index (Phi) is 5.02. The van der Waals surface area contributed by atoms with Gasteiger partial charge in [0.05, 0.1) is 5.25 Å². The number of rotatable bonds is 5. The Balaban J connectivity index is 2.15. The van der Waals surface area contributed by atoms with Gasteiger partial charge in [0.25, 0.3) is 10.1 Å². The van der Waals surface area contributed by atoms with Gasteiger partial charge in [-0.05, 0) is 32.7 Å². The van der Waals surface area contributed by atoms with Gasteiger partial charge >= 0.3 is 0 Å². The van der Waals surface area contributed by atoms with Crippen LogP contribution in [-0.4, -0.2) is 30.8 Å². The van der Waals surface area contributed by atoms with Crippen molar-refractivity contribution in [2.75, 3.05) is 6.54 Å². The molecule has 0 radical (unpaired) electrons. The minimum atomic E-state index is -3.85. The van der Waals surface area contributed by atoms with Gasteiger partial charge in [-0.3, -0.25) is 4.55 Å². The highest BCUT2D eigenvalue weighted by Crippen LogP contribution is 2.17. The van der Waals surface area contributed by atoms with Crippen LogP contribution in [0.4, 0.5) is 0 Å². The number of nitrogens with one attached hydrogen (secondary N) is 1. The summed E-state index contributed by atoms with van der Waals surface area (Å²) in [6, 6.07) is 0.548. The van der Waals surface area contributed by atoms with Crippen LogP contribution in [-0.2, 0) is 10.1 Å². The molecule has 1 unspecified atom stereocenters. The van der Waals surface area contributed by atoms with E-state index in [0.717, 1.165) is 0 Å². The van der Waals surface area contributed by atoms with Crippen molar-refractivity contribution in [3.05, 3.63) is 0 Å². The quantitative estimate of drug-likeness (QED) is 0.710. The Bertz CT molecular complexity index is 270. The van der Waals surface area contributed by atoms with Crippen LogP contribution in [0.15, 0.2) is 0 Å². The Morgan fingerprint density at radius 2 is 1.93 bits per heavy atom. The van der Waals surface area contributed by atoms with Crippen molar-refractivity contribution < 1.29 is 13.0 Å². The molecule has 0 aromatic carbocycles. The third-order valence-corrected chi connectivity index (χ3v) is 4.35. The second kappa shape index (κ2) is 5.82. The summed E-state index contributed by atoms with van der Waals surface area (Å²) >= 11 is 0. The molecule has 1 aliphatic carbocycles. The molecular formula is C10H21NO3S. The first-order valence-corrected chi connectivity index (χ1v) is 7.20. The van der Waals surface area contributed by atoms with Gasteiger partial charge in [0.2, 0.25) is 0 Å². The molecule has 0 aliphatic heterocycles. The van der Waals surface area contributed by atoms with E-state index < -0.39 is 15.4 Å². The fourth-order valence-electron chi connectivity index (χ4n) is 1.95. The molecule has 4 nitrogen and oxygen atoms in total. The Morgan fingerprint density at radius 1 is 1.33 bits per heavy atom. The highest BCUT2D eigenvalue weighted by Gasteiger charge is 2.18. The minimum Gasteiger partial charge on any atom is -0.314 e. The Hall–Kier alpha value is -0.130. The smallest absolute Gasteiger partial charge is 0.267 e. The van der Waals surface area contributed by atoms with E-state index in [1.807, 2.05) is 0 Å². The molecule has 1 fully saturated rings. The molecule has 0 heterocycles.